The smallest absolute Gasteiger partial charge is 0.178 e. The largest absolute Gasteiger partial charge is 0.304 e. The molecule has 0 amide bonds. The molecule has 1 heterocycles. The molecule has 3 rings (SSSR count). The Morgan fingerprint density at radius 2 is 1.39 bits per heavy atom. The van der Waals surface area contributed by atoms with Gasteiger partial charge in [-0.2, -0.15) is 0 Å². The van der Waals surface area contributed by atoms with E-state index in [0.717, 1.165) is 50.7 Å². The summed E-state index contributed by atoms with van der Waals surface area (Å²) in [4.78, 5) is 5.10. The van der Waals surface area contributed by atoms with Crippen LogP contribution in [0.5, 0.6) is 0 Å². The maximum Gasteiger partial charge on any atom is 0.178 e. The number of hydrogen-bond donors (Lipinski definition) is 0. The minimum absolute atomic E-state index is 0.0122. The van der Waals surface area contributed by atoms with Gasteiger partial charge in [0.2, 0.25) is 0 Å². The van der Waals surface area contributed by atoms with E-state index in [0.29, 0.717) is 12.3 Å². The van der Waals surface area contributed by atoms with Crippen molar-refractivity contribution in [3.63, 3.8) is 0 Å². The van der Waals surface area contributed by atoms with E-state index in [9.17, 15) is 16.8 Å². The first-order chi connectivity index (χ1) is 18.0. The van der Waals surface area contributed by atoms with Gasteiger partial charge in [0.1, 0.15) is 0 Å². The lowest BCUT2D eigenvalue weighted by molar-refractivity contribution is 0.180. The maximum atomic E-state index is 12.6. The molecule has 0 radical (unpaired) electrons. The first-order valence-electron chi connectivity index (χ1n) is 13.7. The molecule has 1 fully saturated rings. The second-order valence-electron chi connectivity index (χ2n) is 9.92. The molecule has 1 unspecified atom stereocenters. The Balaban J connectivity index is 0.000000638. The fraction of sp³-hybridized carbons (Fsp3) is 0.586. The van der Waals surface area contributed by atoms with Gasteiger partial charge in [-0.3, -0.25) is 0 Å². The van der Waals surface area contributed by atoms with Crippen LogP contribution in [0, 0.1) is 5.92 Å². The molecule has 1 saturated heterocycles. The Morgan fingerprint density at radius 1 is 0.868 bits per heavy atom. The summed E-state index contributed by atoms with van der Waals surface area (Å²) < 4.78 is 48.4. The number of piperidine rings is 1. The fourth-order valence-corrected chi connectivity index (χ4v) is 6.93. The van der Waals surface area contributed by atoms with Gasteiger partial charge in [-0.05, 0) is 101 Å². The SMILES string of the molecule is CCN(CC)CC.CS(=O)(=O)c1ccc(S(=O)(=O)CCC2CCN(CCC(Cl)c3ccccc3)CC2)cc1. The van der Waals surface area contributed by atoms with Gasteiger partial charge < -0.3 is 9.80 Å². The van der Waals surface area contributed by atoms with Crippen molar-refractivity contribution in [3.05, 3.63) is 60.2 Å². The lowest BCUT2D eigenvalue weighted by Crippen LogP contribution is -2.35. The molecule has 1 aliphatic rings. The normalized spacial score (nSPS) is 16.2. The first-order valence-corrected chi connectivity index (χ1v) is 17.6. The van der Waals surface area contributed by atoms with Gasteiger partial charge in [-0.1, -0.05) is 51.1 Å². The Hall–Kier alpha value is -1.45. The fourth-order valence-electron chi connectivity index (χ4n) is 4.63. The Labute approximate surface area is 236 Å². The number of benzene rings is 2. The van der Waals surface area contributed by atoms with Crippen LogP contribution < -0.4 is 0 Å². The predicted octanol–water partition coefficient (Wildman–Crippen LogP) is 5.68. The minimum atomic E-state index is -3.41. The summed E-state index contributed by atoms with van der Waals surface area (Å²) in [6.07, 6.45) is 4.61. The number of halogens is 1. The summed E-state index contributed by atoms with van der Waals surface area (Å²) in [6.45, 7) is 13.0. The van der Waals surface area contributed by atoms with Gasteiger partial charge in [-0.15, -0.1) is 11.6 Å². The van der Waals surface area contributed by atoms with Crippen LogP contribution in [-0.2, 0) is 19.7 Å². The lowest BCUT2D eigenvalue weighted by atomic mass is 9.94. The molecule has 2 aromatic carbocycles. The highest BCUT2D eigenvalue weighted by molar-refractivity contribution is 7.91. The zero-order valence-electron chi connectivity index (χ0n) is 23.4. The van der Waals surface area contributed by atoms with Crippen molar-refractivity contribution in [3.8, 4) is 0 Å². The molecule has 0 bridgehead atoms. The molecule has 9 heteroatoms. The second-order valence-corrected chi connectivity index (χ2v) is 14.6. The number of hydrogen-bond acceptors (Lipinski definition) is 6. The van der Waals surface area contributed by atoms with Crippen molar-refractivity contribution < 1.29 is 16.8 Å². The van der Waals surface area contributed by atoms with E-state index in [4.69, 9.17) is 11.6 Å². The maximum absolute atomic E-state index is 12.6. The molecular weight excluding hydrogens is 540 g/mol. The zero-order valence-corrected chi connectivity index (χ0v) is 25.7. The lowest BCUT2D eigenvalue weighted by Gasteiger charge is -2.32. The van der Waals surface area contributed by atoms with Gasteiger partial charge in [0, 0.05) is 6.26 Å². The van der Waals surface area contributed by atoms with E-state index >= 15 is 0 Å². The number of rotatable bonds is 12. The minimum Gasteiger partial charge on any atom is -0.304 e. The van der Waals surface area contributed by atoms with Crippen molar-refractivity contribution >= 4 is 31.3 Å². The molecule has 1 aliphatic heterocycles. The molecule has 6 nitrogen and oxygen atoms in total. The van der Waals surface area contributed by atoms with Crippen LogP contribution in [-0.4, -0.2) is 77.9 Å². The quantitative estimate of drug-likeness (QED) is 0.299. The zero-order chi connectivity index (χ0) is 28.2. The molecule has 1 atom stereocenters. The molecule has 0 N–H and O–H groups in total. The van der Waals surface area contributed by atoms with Gasteiger partial charge >= 0.3 is 0 Å². The van der Waals surface area contributed by atoms with Crippen LogP contribution in [0.15, 0.2) is 64.4 Å². The third-order valence-corrected chi connectivity index (χ3v) is 10.7. The van der Waals surface area contributed by atoms with Crippen molar-refractivity contribution in [2.24, 2.45) is 5.92 Å². The van der Waals surface area contributed by atoms with Gasteiger partial charge in [-0.25, -0.2) is 16.8 Å². The monoisotopic (exact) mass is 584 g/mol. The average molecular weight is 585 g/mol. The average Bonchev–Trinajstić information content (AvgIpc) is 2.92. The molecule has 2 aromatic rings. The van der Waals surface area contributed by atoms with Crippen LogP contribution in [0.3, 0.4) is 0 Å². The second kappa shape index (κ2) is 16.0. The van der Waals surface area contributed by atoms with Gasteiger partial charge in [0.25, 0.3) is 0 Å². The Kier molecular flexibility index (Phi) is 13.8. The van der Waals surface area contributed by atoms with Crippen molar-refractivity contribution in [1.82, 2.24) is 9.80 Å². The topological polar surface area (TPSA) is 74.8 Å². The van der Waals surface area contributed by atoms with Crippen LogP contribution in [0.2, 0.25) is 0 Å². The molecule has 0 spiro atoms. The summed E-state index contributed by atoms with van der Waals surface area (Å²) in [5.74, 6) is 0.482. The van der Waals surface area contributed by atoms with Crippen molar-refractivity contribution in [2.45, 2.75) is 61.6 Å². The number of likely N-dealkylation sites (tertiary alicyclic amines) is 1. The molecule has 214 valence electrons. The molecule has 0 aliphatic carbocycles. The van der Waals surface area contributed by atoms with E-state index in [1.54, 1.807) is 0 Å². The van der Waals surface area contributed by atoms with Gasteiger partial charge in [0.15, 0.2) is 19.7 Å². The van der Waals surface area contributed by atoms with Crippen molar-refractivity contribution in [2.75, 3.05) is 51.3 Å². The van der Waals surface area contributed by atoms with E-state index in [2.05, 4.69) is 42.7 Å². The summed E-state index contributed by atoms with van der Waals surface area (Å²) in [5, 5.41) is 0.0122. The highest BCUT2D eigenvalue weighted by atomic mass is 35.5. The first kappa shape index (κ1) is 32.8. The highest BCUT2D eigenvalue weighted by Crippen LogP contribution is 2.27. The summed E-state index contributed by atoms with van der Waals surface area (Å²) in [7, 11) is -6.75. The summed E-state index contributed by atoms with van der Waals surface area (Å²) in [6, 6.07) is 15.6. The number of sulfone groups is 2. The summed E-state index contributed by atoms with van der Waals surface area (Å²) >= 11 is 6.52. The highest BCUT2D eigenvalue weighted by Gasteiger charge is 2.23. The van der Waals surface area contributed by atoms with Crippen LogP contribution in [0.25, 0.3) is 0 Å². The van der Waals surface area contributed by atoms with E-state index in [1.165, 1.54) is 43.9 Å². The Bertz CT molecular complexity index is 1140. The number of alkyl halides is 1. The standard InChI is InChI=1S/C23H30ClNO4S2.C6H15N/c1-30(26,27)21-7-9-22(10-8-21)31(28,29)18-14-19-11-15-25(16-12-19)17-13-23(24)20-5-3-2-4-6-20;1-4-7(5-2)6-3/h2-10,19,23H,11-18H2,1H3;4-6H2,1-3H3. The van der Waals surface area contributed by atoms with E-state index < -0.39 is 19.7 Å². The van der Waals surface area contributed by atoms with Crippen molar-refractivity contribution in [1.29, 1.82) is 0 Å². The third kappa shape index (κ3) is 11.0. The van der Waals surface area contributed by atoms with Crippen LogP contribution >= 0.6 is 11.6 Å². The predicted molar refractivity (Wildman–Crippen MR) is 159 cm³/mol. The van der Waals surface area contributed by atoms with Crippen LogP contribution in [0.4, 0.5) is 0 Å². The molecule has 0 saturated carbocycles. The summed E-state index contributed by atoms with van der Waals surface area (Å²) in [5.41, 5.74) is 1.15. The van der Waals surface area contributed by atoms with Crippen LogP contribution in [0.1, 0.15) is 57.4 Å². The number of nitrogens with zero attached hydrogens (tertiary/aromatic N) is 2. The van der Waals surface area contributed by atoms with E-state index in [1.807, 2.05) is 18.2 Å². The van der Waals surface area contributed by atoms with E-state index in [-0.39, 0.29) is 20.9 Å². The molecular formula is C29H45ClN2O4S2. The third-order valence-electron chi connectivity index (χ3n) is 7.31. The Morgan fingerprint density at radius 3 is 1.87 bits per heavy atom. The molecule has 38 heavy (non-hydrogen) atoms. The van der Waals surface area contributed by atoms with Gasteiger partial charge in [0.05, 0.1) is 20.9 Å². The molecule has 0 aromatic heterocycles.